The van der Waals surface area contributed by atoms with Crippen molar-refractivity contribution in [1.82, 2.24) is 14.7 Å². The van der Waals surface area contributed by atoms with Crippen molar-refractivity contribution in [3.63, 3.8) is 0 Å². The van der Waals surface area contributed by atoms with E-state index in [2.05, 4.69) is 14.7 Å². The van der Waals surface area contributed by atoms with Crippen molar-refractivity contribution in [2.45, 2.75) is 18.2 Å². The highest BCUT2D eigenvalue weighted by Gasteiger charge is 2.13. The molecule has 2 rings (SSSR count). The third-order valence-corrected chi connectivity index (χ3v) is 4.13. The summed E-state index contributed by atoms with van der Waals surface area (Å²) in [5, 5.41) is 0. The number of hydrogen-bond donors (Lipinski definition) is 2. The van der Waals surface area contributed by atoms with Crippen LogP contribution in [0, 0.1) is 0 Å². The van der Waals surface area contributed by atoms with Crippen molar-refractivity contribution in [2.24, 2.45) is 0 Å². The average Bonchev–Trinajstić information content (AvgIpc) is 2.93. The number of nitrogens with one attached hydrogen (secondary N) is 2. The molecule has 0 saturated heterocycles. The molecule has 6 nitrogen and oxygen atoms in total. The second kappa shape index (κ2) is 6.53. The summed E-state index contributed by atoms with van der Waals surface area (Å²) >= 11 is 0. The number of aromatic nitrogens is 2. The average molecular weight is 295 g/mol. The maximum absolute atomic E-state index is 12.0. The zero-order valence-electron chi connectivity index (χ0n) is 11.2. The minimum absolute atomic E-state index is 0.223. The van der Waals surface area contributed by atoms with E-state index in [-0.39, 0.29) is 4.90 Å². The maximum atomic E-state index is 12.0. The molecule has 0 aliphatic carbocycles. The molecule has 2 N–H and O–H groups in total. The van der Waals surface area contributed by atoms with E-state index in [1.807, 2.05) is 6.92 Å². The molecule has 0 aliphatic rings. The lowest BCUT2D eigenvalue weighted by atomic mass is 10.3. The van der Waals surface area contributed by atoms with Crippen molar-refractivity contribution in [3.05, 3.63) is 42.5 Å². The molecule has 20 heavy (non-hydrogen) atoms. The highest BCUT2D eigenvalue weighted by molar-refractivity contribution is 7.89. The lowest BCUT2D eigenvalue weighted by Gasteiger charge is -2.07. The van der Waals surface area contributed by atoms with Gasteiger partial charge in [-0.25, -0.2) is 18.1 Å². The Kier molecular flexibility index (Phi) is 4.75. The van der Waals surface area contributed by atoms with Crippen molar-refractivity contribution >= 4 is 10.0 Å². The fourth-order valence-corrected chi connectivity index (χ4v) is 2.74. The minimum atomic E-state index is -3.49. The molecule has 0 atom stereocenters. The second-order valence-electron chi connectivity index (χ2n) is 4.09. The van der Waals surface area contributed by atoms with Crippen molar-refractivity contribution < 1.29 is 13.2 Å². The van der Waals surface area contributed by atoms with E-state index >= 15 is 0 Å². The zero-order chi connectivity index (χ0) is 14.4. The fraction of sp³-hybridized carbons (Fsp3) is 0.308. The van der Waals surface area contributed by atoms with E-state index in [1.54, 1.807) is 24.5 Å². The summed E-state index contributed by atoms with van der Waals surface area (Å²) in [5.41, 5.74) is 0. The lowest BCUT2D eigenvalue weighted by molar-refractivity contribution is 0.340. The predicted octanol–water partition coefficient (Wildman–Crippen LogP) is 1.33. The van der Waals surface area contributed by atoms with Crippen LogP contribution in [-0.2, 0) is 16.4 Å². The van der Waals surface area contributed by atoms with Gasteiger partial charge in [0.2, 0.25) is 10.0 Å². The fourth-order valence-electron chi connectivity index (χ4n) is 1.70. The van der Waals surface area contributed by atoms with Crippen molar-refractivity contribution in [2.75, 3.05) is 13.2 Å². The van der Waals surface area contributed by atoms with E-state index in [9.17, 15) is 8.42 Å². The van der Waals surface area contributed by atoms with Crippen LogP contribution in [0.3, 0.4) is 0 Å². The number of imidazole rings is 1. The number of nitrogens with zero attached hydrogens (tertiary/aromatic N) is 1. The molecule has 0 radical (unpaired) electrons. The molecule has 0 unspecified atom stereocenters. The van der Waals surface area contributed by atoms with E-state index in [1.165, 1.54) is 12.1 Å². The van der Waals surface area contributed by atoms with Gasteiger partial charge in [0.05, 0.1) is 11.5 Å². The highest BCUT2D eigenvalue weighted by atomic mass is 32.2. The zero-order valence-corrected chi connectivity index (χ0v) is 12.0. The first-order valence-electron chi connectivity index (χ1n) is 6.32. The monoisotopic (exact) mass is 295 g/mol. The van der Waals surface area contributed by atoms with Gasteiger partial charge < -0.3 is 9.72 Å². The molecule has 2 aromatic rings. The number of ether oxygens (including phenoxy) is 1. The number of aromatic amines is 1. The quantitative estimate of drug-likeness (QED) is 0.807. The summed E-state index contributed by atoms with van der Waals surface area (Å²) in [5.74, 6) is 1.40. The second-order valence-corrected chi connectivity index (χ2v) is 5.86. The Morgan fingerprint density at radius 2 is 2.05 bits per heavy atom. The number of benzene rings is 1. The molecular weight excluding hydrogens is 278 g/mol. The van der Waals surface area contributed by atoms with Gasteiger partial charge in [-0.2, -0.15) is 0 Å². The van der Waals surface area contributed by atoms with Crippen LogP contribution in [0.4, 0.5) is 0 Å². The van der Waals surface area contributed by atoms with Crippen LogP contribution in [0.5, 0.6) is 5.75 Å². The number of H-pyrrole nitrogens is 1. The predicted molar refractivity (Wildman–Crippen MR) is 75.1 cm³/mol. The van der Waals surface area contributed by atoms with E-state index in [0.29, 0.717) is 25.3 Å². The molecule has 108 valence electrons. The van der Waals surface area contributed by atoms with Gasteiger partial charge in [-0.15, -0.1) is 0 Å². The summed E-state index contributed by atoms with van der Waals surface area (Å²) < 4.78 is 31.9. The summed E-state index contributed by atoms with van der Waals surface area (Å²) in [6.07, 6.45) is 3.86. The van der Waals surface area contributed by atoms with Crippen LogP contribution >= 0.6 is 0 Å². The van der Waals surface area contributed by atoms with Gasteiger partial charge in [0, 0.05) is 25.4 Å². The van der Waals surface area contributed by atoms with Gasteiger partial charge in [-0.1, -0.05) is 0 Å². The van der Waals surface area contributed by atoms with Crippen LogP contribution in [-0.4, -0.2) is 31.5 Å². The summed E-state index contributed by atoms with van der Waals surface area (Å²) in [7, 11) is -3.49. The Morgan fingerprint density at radius 1 is 1.30 bits per heavy atom. The van der Waals surface area contributed by atoms with Crippen molar-refractivity contribution in [1.29, 1.82) is 0 Å². The minimum Gasteiger partial charge on any atom is -0.494 e. The Hall–Kier alpha value is -1.86. The molecule has 0 amide bonds. The molecule has 1 heterocycles. The number of rotatable bonds is 7. The molecule has 0 spiro atoms. The van der Waals surface area contributed by atoms with Crippen LogP contribution in [0.15, 0.2) is 41.6 Å². The summed E-state index contributed by atoms with van der Waals surface area (Å²) in [6, 6.07) is 6.34. The van der Waals surface area contributed by atoms with Crippen LogP contribution in [0.1, 0.15) is 12.7 Å². The molecule has 1 aromatic carbocycles. The van der Waals surface area contributed by atoms with E-state index in [4.69, 9.17) is 4.74 Å². The van der Waals surface area contributed by atoms with Crippen LogP contribution < -0.4 is 9.46 Å². The Morgan fingerprint density at radius 3 is 2.65 bits per heavy atom. The molecule has 0 saturated carbocycles. The van der Waals surface area contributed by atoms with Crippen molar-refractivity contribution in [3.8, 4) is 5.75 Å². The Labute approximate surface area is 118 Å². The first-order chi connectivity index (χ1) is 9.62. The van der Waals surface area contributed by atoms with Crippen LogP contribution in [0.2, 0.25) is 0 Å². The van der Waals surface area contributed by atoms with Gasteiger partial charge in [-0.3, -0.25) is 0 Å². The summed E-state index contributed by atoms with van der Waals surface area (Å²) in [4.78, 5) is 7.18. The van der Waals surface area contributed by atoms with Gasteiger partial charge in [0.15, 0.2) is 0 Å². The van der Waals surface area contributed by atoms with Gasteiger partial charge in [0.25, 0.3) is 0 Å². The molecule has 1 aromatic heterocycles. The van der Waals surface area contributed by atoms with E-state index in [0.717, 1.165) is 5.82 Å². The summed E-state index contributed by atoms with van der Waals surface area (Å²) in [6.45, 7) is 2.72. The van der Waals surface area contributed by atoms with Gasteiger partial charge in [0.1, 0.15) is 11.6 Å². The third kappa shape index (κ3) is 3.82. The smallest absolute Gasteiger partial charge is 0.240 e. The SMILES string of the molecule is CCOc1ccc(S(=O)(=O)NCCc2ncc[nH]2)cc1. The Bertz CT molecular complexity index is 621. The molecule has 7 heteroatoms. The first-order valence-corrected chi connectivity index (χ1v) is 7.81. The molecule has 0 aliphatic heterocycles. The van der Waals surface area contributed by atoms with Gasteiger partial charge >= 0.3 is 0 Å². The van der Waals surface area contributed by atoms with E-state index < -0.39 is 10.0 Å². The molecule has 0 fully saturated rings. The number of sulfonamides is 1. The third-order valence-electron chi connectivity index (χ3n) is 2.65. The normalized spacial score (nSPS) is 11.4. The standard InChI is InChI=1S/C13H17N3O3S/c1-2-19-11-3-5-12(6-4-11)20(17,18)16-8-7-13-14-9-10-15-13/h3-6,9-10,16H,2,7-8H2,1H3,(H,14,15). The Balaban J connectivity index is 1.95. The largest absolute Gasteiger partial charge is 0.494 e. The molecule has 0 bridgehead atoms. The number of hydrogen-bond acceptors (Lipinski definition) is 4. The maximum Gasteiger partial charge on any atom is 0.240 e. The molecular formula is C13H17N3O3S. The topological polar surface area (TPSA) is 84.1 Å². The first kappa shape index (κ1) is 14.5. The van der Waals surface area contributed by atoms with Crippen LogP contribution in [0.25, 0.3) is 0 Å². The van der Waals surface area contributed by atoms with Gasteiger partial charge in [-0.05, 0) is 31.2 Å². The highest BCUT2D eigenvalue weighted by Crippen LogP contribution is 2.15. The lowest BCUT2D eigenvalue weighted by Crippen LogP contribution is -2.26.